The van der Waals surface area contributed by atoms with E-state index in [1.807, 2.05) is 55.5 Å². The molecule has 0 aliphatic carbocycles. The Morgan fingerprint density at radius 2 is 1.76 bits per heavy atom. The lowest BCUT2D eigenvalue weighted by Crippen LogP contribution is -2.33. The largest absolute Gasteiger partial charge is 0.355 e. The summed E-state index contributed by atoms with van der Waals surface area (Å²) in [4.78, 5) is 30.2. The van der Waals surface area contributed by atoms with E-state index in [0.717, 1.165) is 6.42 Å². The summed E-state index contributed by atoms with van der Waals surface area (Å²) in [6, 6.07) is 17.4. The number of nitrogens with zero attached hydrogens (tertiary/aromatic N) is 2. The molecule has 0 aliphatic heterocycles. The van der Waals surface area contributed by atoms with E-state index >= 15 is 0 Å². The highest BCUT2D eigenvalue weighted by Crippen LogP contribution is 2.23. The second-order valence-electron chi connectivity index (χ2n) is 7.51. The first kappa shape index (κ1) is 21.1. The Bertz CT molecular complexity index is 1030. The van der Waals surface area contributed by atoms with E-state index < -0.39 is 0 Å². The molecule has 0 unspecified atom stereocenters. The SMILES string of the molecule is CC(C)Cn1c(S[C@H](C)C(=O)NCCc2ccccc2)nc2ccccc2c1=O. The molecule has 1 heterocycles. The van der Waals surface area contributed by atoms with Crippen molar-refractivity contribution in [3.05, 3.63) is 70.5 Å². The maximum atomic E-state index is 13.0. The molecular formula is C23H27N3O2S. The molecule has 0 saturated heterocycles. The van der Waals surface area contributed by atoms with Crippen molar-refractivity contribution in [1.29, 1.82) is 0 Å². The fraction of sp³-hybridized carbons (Fsp3) is 0.348. The summed E-state index contributed by atoms with van der Waals surface area (Å²) in [5.41, 5.74) is 1.80. The number of amides is 1. The molecule has 0 saturated carbocycles. The maximum Gasteiger partial charge on any atom is 0.262 e. The second-order valence-corrected chi connectivity index (χ2v) is 8.82. The van der Waals surface area contributed by atoms with Gasteiger partial charge in [0.15, 0.2) is 5.16 Å². The van der Waals surface area contributed by atoms with Crippen molar-refractivity contribution < 1.29 is 4.79 Å². The van der Waals surface area contributed by atoms with Gasteiger partial charge in [0.2, 0.25) is 5.91 Å². The van der Waals surface area contributed by atoms with Crippen LogP contribution in [0.15, 0.2) is 64.5 Å². The fourth-order valence-corrected chi connectivity index (χ4v) is 4.04. The Labute approximate surface area is 175 Å². The average Bonchev–Trinajstić information content (AvgIpc) is 2.71. The summed E-state index contributed by atoms with van der Waals surface area (Å²) in [6.45, 7) is 7.13. The summed E-state index contributed by atoms with van der Waals surface area (Å²) in [5.74, 6) is 0.245. The number of aromatic nitrogens is 2. The number of hydrogen-bond donors (Lipinski definition) is 1. The van der Waals surface area contributed by atoms with Crippen LogP contribution in [0.5, 0.6) is 0 Å². The van der Waals surface area contributed by atoms with Crippen molar-refractivity contribution in [2.75, 3.05) is 6.54 Å². The van der Waals surface area contributed by atoms with Gasteiger partial charge in [-0.3, -0.25) is 14.2 Å². The quantitative estimate of drug-likeness (QED) is 0.453. The van der Waals surface area contributed by atoms with E-state index in [4.69, 9.17) is 0 Å². The summed E-state index contributed by atoms with van der Waals surface area (Å²) in [6.07, 6.45) is 0.788. The number of rotatable bonds is 8. The molecule has 1 N–H and O–H groups in total. The molecule has 0 spiro atoms. The summed E-state index contributed by atoms with van der Waals surface area (Å²) < 4.78 is 1.70. The van der Waals surface area contributed by atoms with Gasteiger partial charge in [0, 0.05) is 13.1 Å². The molecular weight excluding hydrogens is 382 g/mol. The lowest BCUT2D eigenvalue weighted by Gasteiger charge is -2.17. The molecule has 152 valence electrons. The minimum atomic E-state index is -0.350. The molecule has 1 amide bonds. The molecule has 3 rings (SSSR count). The van der Waals surface area contributed by atoms with Gasteiger partial charge in [-0.15, -0.1) is 0 Å². The molecule has 3 aromatic rings. The lowest BCUT2D eigenvalue weighted by atomic mass is 10.1. The minimum Gasteiger partial charge on any atom is -0.355 e. The number of fused-ring (bicyclic) bond motifs is 1. The van der Waals surface area contributed by atoms with Crippen molar-refractivity contribution in [1.82, 2.24) is 14.9 Å². The standard InChI is InChI=1S/C23H27N3O2S/c1-16(2)15-26-22(28)19-11-7-8-12-20(19)25-23(26)29-17(3)21(27)24-14-13-18-9-5-4-6-10-18/h4-12,16-17H,13-15H2,1-3H3,(H,24,27)/t17-/m1/s1. The van der Waals surface area contributed by atoms with Crippen LogP contribution in [-0.2, 0) is 17.8 Å². The van der Waals surface area contributed by atoms with Gasteiger partial charge in [0.1, 0.15) is 0 Å². The van der Waals surface area contributed by atoms with Crippen molar-refractivity contribution in [2.45, 2.75) is 44.1 Å². The van der Waals surface area contributed by atoms with Crippen LogP contribution < -0.4 is 10.9 Å². The van der Waals surface area contributed by atoms with Gasteiger partial charge in [0.25, 0.3) is 5.56 Å². The zero-order valence-electron chi connectivity index (χ0n) is 17.1. The smallest absolute Gasteiger partial charge is 0.262 e. The minimum absolute atomic E-state index is 0.0514. The van der Waals surface area contributed by atoms with Crippen LogP contribution in [0, 0.1) is 5.92 Å². The van der Waals surface area contributed by atoms with E-state index in [0.29, 0.717) is 35.1 Å². The van der Waals surface area contributed by atoms with E-state index in [2.05, 4.69) is 24.1 Å². The predicted molar refractivity (Wildman–Crippen MR) is 119 cm³/mol. The van der Waals surface area contributed by atoms with Gasteiger partial charge in [-0.2, -0.15) is 0 Å². The zero-order chi connectivity index (χ0) is 20.8. The van der Waals surface area contributed by atoms with Crippen LogP contribution in [0.2, 0.25) is 0 Å². The molecule has 2 aromatic carbocycles. The van der Waals surface area contributed by atoms with E-state index in [1.165, 1.54) is 17.3 Å². The number of para-hydroxylation sites is 1. The number of carbonyl (C=O) groups is 1. The van der Waals surface area contributed by atoms with Gasteiger partial charge in [-0.25, -0.2) is 4.98 Å². The van der Waals surface area contributed by atoms with Crippen LogP contribution in [0.1, 0.15) is 26.3 Å². The van der Waals surface area contributed by atoms with Gasteiger partial charge < -0.3 is 5.32 Å². The maximum absolute atomic E-state index is 13.0. The molecule has 6 heteroatoms. The Balaban J connectivity index is 1.73. The van der Waals surface area contributed by atoms with Crippen molar-refractivity contribution in [2.24, 2.45) is 5.92 Å². The van der Waals surface area contributed by atoms with E-state index in [-0.39, 0.29) is 16.7 Å². The zero-order valence-corrected chi connectivity index (χ0v) is 17.9. The first-order valence-electron chi connectivity index (χ1n) is 9.93. The normalized spacial score (nSPS) is 12.3. The third kappa shape index (κ3) is 5.48. The third-order valence-corrected chi connectivity index (χ3v) is 5.67. The van der Waals surface area contributed by atoms with Crippen molar-refractivity contribution >= 4 is 28.6 Å². The number of thioether (sulfide) groups is 1. The second kappa shape index (κ2) is 9.74. The number of hydrogen-bond acceptors (Lipinski definition) is 4. The highest BCUT2D eigenvalue weighted by atomic mass is 32.2. The molecule has 0 aliphatic rings. The highest BCUT2D eigenvalue weighted by Gasteiger charge is 2.19. The fourth-order valence-electron chi connectivity index (χ4n) is 3.09. The number of nitrogens with one attached hydrogen (secondary N) is 1. The molecule has 1 atom stereocenters. The summed E-state index contributed by atoms with van der Waals surface area (Å²) in [7, 11) is 0. The Kier molecular flexibility index (Phi) is 7.09. The molecule has 1 aromatic heterocycles. The average molecular weight is 410 g/mol. The Morgan fingerprint density at radius 1 is 1.07 bits per heavy atom. The Hall–Kier alpha value is -2.60. The first-order chi connectivity index (χ1) is 14.0. The number of benzene rings is 2. The van der Waals surface area contributed by atoms with Gasteiger partial charge in [0.05, 0.1) is 16.2 Å². The van der Waals surface area contributed by atoms with Crippen LogP contribution in [0.4, 0.5) is 0 Å². The van der Waals surface area contributed by atoms with Crippen LogP contribution in [0.25, 0.3) is 10.9 Å². The summed E-state index contributed by atoms with van der Waals surface area (Å²) >= 11 is 1.34. The third-order valence-electron chi connectivity index (χ3n) is 4.58. The Morgan fingerprint density at radius 3 is 2.48 bits per heavy atom. The molecule has 5 nitrogen and oxygen atoms in total. The van der Waals surface area contributed by atoms with Gasteiger partial charge in [-0.1, -0.05) is 68.1 Å². The monoisotopic (exact) mass is 409 g/mol. The predicted octanol–water partition coefficient (Wildman–Crippen LogP) is 3.89. The van der Waals surface area contributed by atoms with Crippen LogP contribution in [-0.4, -0.2) is 27.3 Å². The van der Waals surface area contributed by atoms with Crippen LogP contribution >= 0.6 is 11.8 Å². The molecule has 0 bridgehead atoms. The topological polar surface area (TPSA) is 64.0 Å². The van der Waals surface area contributed by atoms with E-state index in [9.17, 15) is 9.59 Å². The van der Waals surface area contributed by atoms with Crippen molar-refractivity contribution in [3.8, 4) is 0 Å². The molecule has 0 fully saturated rings. The van der Waals surface area contributed by atoms with Gasteiger partial charge >= 0.3 is 0 Å². The molecule has 29 heavy (non-hydrogen) atoms. The molecule has 0 radical (unpaired) electrons. The highest BCUT2D eigenvalue weighted by molar-refractivity contribution is 8.00. The number of carbonyl (C=O) groups excluding carboxylic acids is 1. The lowest BCUT2D eigenvalue weighted by molar-refractivity contribution is -0.120. The van der Waals surface area contributed by atoms with Crippen molar-refractivity contribution in [3.63, 3.8) is 0 Å². The van der Waals surface area contributed by atoms with E-state index in [1.54, 1.807) is 10.6 Å². The van der Waals surface area contributed by atoms with Gasteiger partial charge in [-0.05, 0) is 37.0 Å². The summed E-state index contributed by atoms with van der Waals surface area (Å²) in [5, 5.41) is 3.84. The first-order valence-corrected chi connectivity index (χ1v) is 10.8. The van der Waals surface area contributed by atoms with Crippen LogP contribution in [0.3, 0.4) is 0 Å².